The number of pyridine rings is 1. The molecule has 0 fully saturated rings. The summed E-state index contributed by atoms with van der Waals surface area (Å²) in [5.41, 5.74) is 1.18. The fourth-order valence-corrected chi connectivity index (χ4v) is 5.82. The second-order valence-corrected chi connectivity index (χ2v) is 11.0. The number of hydrogen-bond donors (Lipinski definition) is 1. The van der Waals surface area contributed by atoms with Crippen molar-refractivity contribution < 1.29 is 19.1 Å². The predicted octanol–water partition coefficient (Wildman–Crippen LogP) is 5.38. The van der Waals surface area contributed by atoms with Crippen molar-refractivity contribution in [2.75, 3.05) is 28.4 Å². The van der Waals surface area contributed by atoms with Gasteiger partial charge in [-0.2, -0.15) is 5.10 Å². The summed E-state index contributed by atoms with van der Waals surface area (Å²) in [5.74, 6) is -0.723. The van der Waals surface area contributed by atoms with Crippen LogP contribution in [0.1, 0.15) is 26.5 Å². The maximum atomic E-state index is 14.9. The van der Waals surface area contributed by atoms with E-state index >= 15 is 0 Å². The highest BCUT2D eigenvalue weighted by molar-refractivity contribution is 6.28. The Labute approximate surface area is 254 Å². The molecule has 3 amide bonds. The van der Waals surface area contributed by atoms with Crippen molar-refractivity contribution in [1.29, 1.82) is 0 Å². The minimum atomic E-state index is -1.81. The van der Waals surface area contributed by atoms with Crippen LogP contribution in [-0.2, 0) is 19.8 Å². The number of amides is 3. The van der Waals surface area contributed by atoms with Crippen LogP contribution in [-0.4, -0.2) is 52.6 Å². The number of aromatic amines is 1. The molecular formula is C34H32N6O4. The van der Waals surface area contributed by atoms with Crippen molar-refractivity contribution in [2.45, 2.75) is 32.2 Å². The average molecular weight is 589 g/mol. The summed E-state index contributed by atoms with van der Waals surface area (Å²) in [4.78, 5) is 52.7. The molecule has 0 saturated heterocycles. The molecule has 0 bridgehead atoms. The van der Waals surface area contributed by atoms with Crippen LogP contribution >= 0.6 is 0 Å². The molecule has 1 aliphatic heterocycles. The Morgan fingerprint density at radius 1 is 0.932 bits per heavy atom. The SMILES string of the molecule is COc1ccc(N(C(=O)CN2C(=O)C(C)(c3n[nH]c4ccccc34)C(=O)N(c3cccnc3)c3ccccc32)C(C)C)cc1. The fourth-order valence-electron chi connectivity index (χ4n) is 5.82. The largest absolute Gasteiger partial charge is 0.497 e. The van der Waals surface area contributed by atoms with E-state index in [-0.39, 0.29) is 24.2 Å². The molecule has 0 saturated carbocycles. The lowest BCUT2D eigenvalue weighted by atomic mass is 9.81. The lowest BCUT2D eigenvalue weighted by Crippen LogP contribution is -2.55. The summed E-state index contributed by atoms with van der Waals surface area (Å²) in [6.45, 7) is 5.09. The van der Waals surface area contributed by atoms with E-state index in [0.29, 0.717) is 39.4 Å². The molecule has 2 aromatic heterocycles. The number of aromatic nitrogens is 3. The summed E-state index contributed by atoms with van der Waals surface area (Å²) >= 11 is 0. The van der Waals surface area contributed by atoms with Gasteiger partial charge in [-0.3, -0.25) is 34.3 Å². The zero-order chi connectivity index (χ0) is 31.0. The van der Waals surface area contributed by atoms with E-state index in [9.17, 15) is 14.4 Å². The highest BCUT2D eigenvalue weighted by atomic mass is 16.5. The van der Waals surface area contributed by atoms with Gasteiger partial charge in [0.25, 0.3) is 5.91 Å². The Hall–Kier alpha value is -5.51. The zero-order valence-corrected chi connectivity index (χ0v) is 24.9. The second kappa shape index (κ2) is 11.3. The topological polar surface area (TPSA) is 112 Å². The summed E-state index contributed by atoms with van der Waals surface area (Å²) in [7, 11) is 1.58. The van der Waals surface area contributed by atoms with Crippen molar-refractivity contribution in [2.24, 2.45) is 0 Å². The lowest BCUT2D eigenvalue weighted by Gasteiger charge is -2.33. The molecule has 10 nitrogen and oxygen atoms in total. The number of hydrogen-bond acceptors (Lipinski definition) is 6. The smallest absolute Gasteiger partial charge is 0.253 e. The first-order valence-corrected chi connectivity index (χ1v) is 14.3. The van der Waals surface area contributed by atoms with Crippen LogP contribution in [0, 0.1) is 0 Å². The van der Waals surface area contributed by atoms with Crippen LogP contribution in [0.3, 0.4) is 0 Å². The summed E-state index contributed by atoms with van der Waals surface area (Å²) < 4.78 is 5.30. The molecule has 0 spiro atoms. The first kappa shape index (κ1) is 28.6. The third kappa shape index (κ3) is 4.64. The van der Waals surface area contributed by atoms with E-state index in [1.165, 1.54) is 9.80 Å². The van der Waals surface area contributed by atoms with E-state index in [2.05, 4.69) is 15.2 Å². The third-order valence-electron chi connectivity index (χ3n) is 7.99. The monoisotopic (exact) mass is 588 g/mol. The lowest BCUT2D eigenvalue weighted by molar-refractivity contribution is -0.134. The third-order valence-corrected chi connectivity index (χ3v) is 7.99. The van der Waals surface area contributed by atoms with E-state index < -0.39 is 17.2 Å². The number of carbonyl (C=O) groups excluding carboxylic acids is 3. The number of rotatable bonds is 7. The van der Waals surface area contributed by atoms with Crippen LogP contribution in [0.25, 0.3) is 10.9 Å². The number of anilines is 4. The number of methoxy groups -OCH3 is 1. The van der Waals surface area contributed by atoms with Gasteiger partial charge in [-0.1, -0.05) is 30.3 Å². The standard InChI is InChI=1S/C34H32N6O4/c1-22(2)39(23-15-17-25(44-4)18-16-23)30(41)21-38-28-13-7-8-14-29(28)40(24-10-9-19-35-20-24)33(43)34(3,32(38)42)31-26-11-5-6-12-27(26)36-37-31/h5-20,22H,21H2,1-4H3,(H,36,37). The Kier molecular flexibility index (Phi) is 7.34. The number of carbonyl (C=O) groups is 3. The van der Waals surface area contributed by atoms with Crippen LogP contribution in [0.2, 0.25) is 0 Å². The molecule has 10 heteroatoms. The van der Waals surface area contributed by atoms with Crippen molar-refractivity contribution in [3.8, 4) is 5.75 Å². The Bertz CT molecular complexity index is 1850. The fraction of sp³-hybridized carbons (Fsp3) is 0.206. The number of ether oxygens (including phenoxy) is 1. The number of nitrogens with zero attached hydrogens (tertiary/aromatic N) is 5. The summed E-state index contributed by atoms with van der Waals surface area (Å²) in [5, 5.41) is 8.14. The van der Waals surface area contributed by atoms with Gasteiger partial charge in [0.2, 0.25) is 11.8 Å². The number of benzene rings is 3. The Morgan fingerprint density at radius 2 is 1.64 bits per heavy atom. The van der Waals surface area contributed by atoms with Crippen LogP contribution in [0.15, 0.2) is 97.3 Å². The number of para-hydroxylation sites is 3. The van der Waals surface area contributed by atoms with Crippen molar-refractivity contribution in [3.05, 3.63) is 103 Å². The minimum Gasteiger partial charge on any atom is -0.497 e. The minimum absolute atomic E-state index is 0.219. The Balaban J connectivity index is 1.53. The number of H-pyrrole nitrogens is 1. The molecule has 0 radical (unpaired) electrons. The average Bonchev–Trinajstić information content (AvgIpc) is 3.46. The molecule has 1 unspecified atom stereocenters. The molecule has 1 aliphatic rings. The van der Waals surface area contributed by atoms with Gasteiger partial charge in [0, 0.05) is 23.3 Å². The highest BCUT2D eigenvalue weighted by Gasteiger charge is 2.54. The molecular weight excluding hydrogens is 556 g/mol. The molecule has 1 atom stereocenters. The van der Waals surface area contributed by atoms with Crippen LogP contribution in [0.5, 0.6) is 5.75 Å². The second-order valence-electron chi connectivity index (χ2n) is 11.0. The van der Waals surface area contributed by atoms with Crippen molar-refractivity contribution in [3.63, 3.8) is 0 Å². The Morgan fingerprint density at radius 3 is 2.32 bits per heavy atom. The number of nitrogens with one attached hydrogen (secondary N) is 1. The van der Waals surface area contributed by atoms with Crippen LogP contribution in [0.4, 0.5) is 22.7 Å². The molecule has 222 valence electrons. The highest BCUT2D eigenvalue weighted by Crippen LogP contribution is 2.44. The van der Waals surface area contributed by atoms with Crippen molar-refractivity contribution >= 4 is 51.4 Å². The van der Waals surface area contributed by atoms with Gasteiger partial charge in [-0.15, -0.1) is 0 Å². The first-order chi connectivity index (χ1) is 21.3. The molecule has 1 N–H and O–H groups in total. The maximum Gasteiger partial charge on any atom is 0.253 e. The van der Waals surface area contributed by atoms with Crippen molar-refractivity contribution in [1.82, 2.24) is 15.2 Å². The zero-order valence-electron chi connectivity index (χ0n) is 24.9. The van der Waals surface area contributed by atoms with Gasteiger partial charge >= 0.3 is 0 Å². The van der Waals surface area contributed by atoms with Gasteiger partial charge in [-0.25, -0.2) is 0 Å². The van der Waals surface area contributed by atoms with Gasteiger partial charge in [0.05, 0.1) is 41.6 Å². The van der Waals surface area contributed by atoms with E-state index in [1.807, 2.05) is 50.2 Å². The van der Waals surface area contributed by atoms with E-state index in [1.54, 1.807) is 79.9 Å². The van der Waals surface area contributed by atoms with Gasteiger partial charge in [0.1, 0.15) is 12.3 Å². The molecule has 5 aromatic rings. The maximum absolute atomic E-state index is 14.9. The molecule has 3 aromatic carbocycles. The van der Waals surface area contributed by atoms with E-state index in [4.69, 9.17) is 4.74 Å². The van der Waals surface area contributed by atoms with Gasteiger partial charge in [-0.05, 0) is 75.4 Å². The molecule has 6 rings (SSSR count). The van der Waals surface area contributed by atoms with Crippen LogP contribution < -0.4 is 19.4 Å². The van der Waals surface area contributed by atoms with Gasteiger partial charge < -0.3 is 9.64 Å². The molecule has 44 heavy (non-hydrogen) atoms. The molecule has 3 heterocycles. The first-order valence-electron chi connectivity index (χ1n) is 14.3. The quantitative estimate of drug-likeness (QED) is 0.256. The predicted molar refractivity (Wildman–Crippen MR) is 169 cm³/mol. The summed E-state index contributed by atoms with van der Waals surface area (Å²) in [6, 6.07) is 24.9. The number of fused-ring (bicyclic) bond motifs is 2. The van der Waals surface area contributed by atoms with Gasteiger partial charge in [0.15, 0.2) is 5.41 Å². The normalized spacial score (nSPS) is 16.7. The summed E-state index contributed by atoms with van der Waals surface area (Å²) in [6.07, 6.45) is 3.20. The van der Waals surface area contributed by atoms with E-state index in [0.717, 1.165) is 0 Å². The molecule has 0 aliphatic carbocycles.